The number of hydrogen-bond donors (Lipinski definition) is 0. The lowest BCUT2D eigenvalue weighted by Crippen LogP contribution is -2.25. The Kier molecular flexibility index (Phi) is 10.5. The number of fused-ring (bicyclic) bond motifs is 10. The first-order valence-electron chi connectivity index (χ1n) is 19.3. The number of rotatable bonds is 12. The van der Waals surface area contributed by atoms with E-state index in [9.17, 15) is 0 Å². The summed E-state index contributed by atoms with van der Waals surface area (Å²) < 4.78 is 0. The number of para-hydroxylation sites is 1. The lowest BCUT2D eigenvalue weighted by atomic mass is 9.73. The summed E-state index contributed by atoms with van der Waals surface area (Å²) in [7, 11) is 0. The number of hydrogen-bond acceptors (Lipinski definition) is 2. The van der Waals surface area contributed by atoms with Crippen LogP contribution in [0.4, 0.5) is 17.1 Å². The Balaban J connectivity index is 1.36. The zero-order valence-electron chi connectivity index (χ0n) is 32.0. The van der Waals surface area contributed by atoms with Crippen molar-refractivity contribution < 1.29 is 0 Å². The number of thiophene rings is 1. The molecule has 1 aromatic heterocycles. The van der Waals surface area contributed by atoms with Crippen molar-refractivity contribution in [3.05, 3.63) is 245 Å². The van der Waals surface area contributed by atoms with Gasteiger partial charge in [-0.2, -0.15) is 0 Å². The van der Waals surface area contributed by atoms with Crippen LogP contribution in [0, 0.1) is 0 Å². The van der Waals surface area contributed by atoms with Gasteiger partial charge in [0.15, 0.2) is 0 Å². The minimum atomic E-state index is -0.470. The zero-order valence-corrected chi connectivity index (χ0v) is 32.8. The summed E-state index contributed by atoms with van der Waals surface area (Å²) in [6, 6.07) is 45.1. The van der Waals surface area contributed by atoms with Crippen molar-refractivity contribution >= 4 is 40.6 Å². The molecule has 0 radical (unpaired) electrons. The maximum Gasteiger partial charge on any atom is 0.0820 e. The van der Waals surface area contributed by atoms with Crippen molar-refractivity contribution in [2.24, 2.45) is 0 Å². The van der Waals surface area contributed by atoms with E-state index >= 15 is 0 Å². The van der Waals surface area contributed by atoms with E-state index in [-0.39, 0.29) is 5.92 Å². The molecule has 2 heteroatoms. The van der Waals surface area contributed by atoms with Gasteiger partial charge in [-0.15, -0.1) is 11.3 Å². The summed E-state index contributed by atoms with van der Waals surface area (Å²) in [4.78, 5) is 5.03. The van der Waals surface area contributed by atoms with Gasteiger partial charge >= 0.3 is 0 Å². The van der Waals surface area contributed by atoms with Crippen LogP contribution < -0.4 is 4.90 Å². The van der Waals surface area contributed by atoms with Gasteiger partial charge in [-0.3, -0.25) is 0 Å². The fourth-order valence-electron chi connectivity index (χ4n) is 8.39. The second-order valence-electron chi connectivity index (χ2n) is 14.1. The van der Waals surface area contributed by atoms with Crippen LogP contribution in [0.25, 0.3) is 34.4 Å². The highest BCUT2D eigenvalue weighted by molar-refractivity contribution is 7.13. The molecule has 0 bridgehead atoms. The van der Waals surface area contributed by atoms with Gasteiger partial charge in [0.25, 0.3) is 0 Å². The Bertz CT molecular complexity index is 2590. The average Bonchev–Trinajstić information content (AvgIpc) is 3.87. The van der Waals surface area contributed by atoms with Crippen LogP contribution in [0.15, 0.2) is 207 Å². The summed E-state index contributed by atoms with van der Waals surface area (Å²) in [5.41, 5.74) is 14.7. The summed E-state index contributed by atoms with van der Waals surface area (Å²) in [6.07, 6.45) is 28.8. The molecule has 6 aromatic rings. The third kappa shape index (κ3) is 6.42. The van der Waals surface area contributed by atoms with Gasteiger partial charge in [-0.25, -0.2) is 0 Å². The minimum absolute atomic E-state index is 0.205. The van der Waals surface area contributed by atoms with Gasteiger partial charge in [0.1, 0.15) is 0 Å². The van der Waals surface area contributed by atoms with Gasteiger partial charge in [0.05, 0.1) is 5.41 Å². The van der Waals surface area contributed by atoms with Crippen molar-refractivity contribution in [3.8, 4) is 22.3 Å². The topological polar surface area (TPSA) is 3.24 Å². The van der Waals surface area contributed by atoms with Crippen LogP contribution in [0.2, 0.25) is 0 Å². The molecule has 2 aliphatic carbocycles. The summed E-state index contributed by atoms with van der Waals surface area (Å²) in [6.45, 7) is 12.0. The molecule has 0 amide bonds. The Morgan fingerprint density at radius 1 is 0.571 bits per heavy atom. The third-order valence-electron chi connectivity index (χ3n) is 10.8. The van der Waals surface area contributed by atoms with Crippen LogP contribution in [0.3, 0.4) is 0 Å². The molecular weight excluding hydrogens is 695 g/mol. The predicted octanol–water partition coefficient (Wildman–Crippen LogP) is 15.3. The van der Waals surface area contributed by atoms with E-state index in [4.69, 9.17) is 0 Å². The monoisotopic (exact) mass is 739 g/mol. The Labute approximate surface area is 336 Å². The second kappa shape index (κ2) is 16.1. The smallest absolute Gasteiger partial charge is 0.0820 e. The van der Waals surface area contributed by atoms with Crippen molar-refractivity contribution in [2.45, 2.75) is 25.2 Å². The van der Waals surface area contributed by atoms with E-state index in [1.807, 2.05) is 41.7 Å². The molecule has 0 fully saturated rings. The molecule has 2 unspecified atom stereocenters. The fraction of sp³-hybridized carbons (Fsp3) is 0.0741. The average molecular weight is 740 g/mol. The molecule has 272 valence electrons. The first-order chi connectivity index (χ1) is 27.6. The minimum Gasteiger partial charge on any atom is -0.310 e. The number of nitrogens with zero attached hydrogens (tertiary/aromatic N) is 1. The molecular formula is C54H45NS. The third-order valence-corrected chi connectivity index (χ3v) is 12.0. The van der Waals surface area contributed by atoms with Gasteiger partial charge < -0.3 is 4.90 Å². The lowest BCUT2D eigenvalue weighted by molar-refractivity contribution is 0.808. The molecule has 56 heavy (non-hydrogen) atoms. The quantitative estimate of drug-likeness (QED) is 0.113. The molecule has 2 atom stereocenters. The zero-order chi connectivity index (χ0) is 38.5. The fourth-order valence-corrected chi connectivity index (χ4v) is 9.70. The van der Waals surface area contributed by atoms with Gasteiger partial charge in [0.2, 0.25) is 0 Å². The van der Waals surface area contributed by atoms with Gasteiger partial charge in [-0.05, 0) is 111 Å². The molecule has 0 saturated heterocycles. The Hall–Kier alpha value is -6.48. The second-order valence-corrected chi connectivity index (χ2v) is 15.2. The molecule has 0 saturated carbocycles. The van der Waals surface area contributed by atoms with E-state index in [0.717, 1.165) is 22.6 Å². The molecule has 2 aliphatic rings. The predicted molar refractivity (Wildman–Crippen MR) is 244 cm³/mol. The van der Waals surface area contributed by atoms with Crippen LogP contribution in [-0.4, -0.2) is 0 Å². The largest absolute Gasteiger partial charge is 0.310 e. The van der Waals surface area contributed by atoms with Crippen molar-refractivity contribution in [1.82, 2.24) is 0 Å². The molecule has 1 heterocycles. The van der Waals surface area contributed by atoms with Crippen molar-refractivity contribution in [2.75, 3.05) is 4.90 Å². The van der Waals surface area contributed by atoms with E-state index in [2.05, 4.69) is 202 Å². The number of anilines is 3. The molecule has 1 nitrogen and oxygen atoms in total. The molecule has 1 spiro atoms. The molecule has 5 aromatic carbocycles. The van der Waals surface area contributed by atoms with Gasteiger partial charge in [0, 0.05) is 26.8 Å². The van der Waals surface area contributed by atoms with Gasteiger partial charge in [-0.1, -0.05) is 178 Å². The molecule has 0 N–H and O–H groups in total. The molecule has 0 aliphatic heterocycles. The Morgan fingerprint density at radius 2 is 1.25 bits per heavy atom. The van der Waals surface area contributed by atoms with Crippen LogP contribution in [0.1, 0.15) is 57.3 Å². The normalized spacial score (nSPS) is 16.1. The standard InChI is InChI=1S/C54H45NS/c1-5-8-11-15-22-39(4)45-28-21-30-50-52(45)48-38-44(26-14-10-7-3)56-53(48)54(50)49-29-20-19-27-46(49)47-36-35-43(37-51(47)54)55(41-24-17-13-18-25-41)42-33-31-40(32-34-42)23-16-12-9-6-2/h5-39H,1-2H2,3-4H3/b10-7-,11-8-,12-9-,22-15-,23-16?,26-14-. The summed E-state index contributed by atoms with van der Waals surface area (Å²) in [5.74, 6) is 0.205. The van der Waals surface area contributed by atoms with E-state index in [1.54, 1.807) is 6.08 Å². The highest BCUT2D eigenvalue weighted by Gasteiger charge is 2.53. The highest BCUT2D eigenvalue weighted by Crippen LogP contribution is 2.66. The Morgan fingerprint density at radius 3 is 2.04 bits per heavy atom. The maximum absolute atomic E-state index is 3.84. The lowest BCUT2D eigenvalue weighted by Gasteiger charge is -2.31. The van der Waals surface area contributed by atoms with Crippen LogP contribution in [-0.2, 0) is 5.41 Å². The van der Waals surface area contributed by atoms with Crippen LogP contribution in [0.5, 0.6) is 0 Å². The van der Waals surface area contributed by atoms with E-state index < -0.39 is 5.41 Å². The SMILES string of the molecule is C=C/C=C\C=Cc1ccc(N(c2ccccc2)c2ccc3c(c2)C2(c4ccccc4-3)c3cccc(C(C)/C=C\C=C/C=C)c3-c3cc(/C=C\C=C/C)sc32)cc1. The highest BCUT2D eigenvalue weighted by atomic mass is 32.1. The van der Waals surface area contributed by atoms with E-state index in [1.165, 1.54) is 54.3 Å². The van der Waals surface area contributed by atoms with Crippen molar-refractivity contribution in [1.29, 1.82) is 0 Å². The summed E-state index contributed by atoms with van der Waals surface area (Å²) >= 11 is 1.92. The molecule has 8 rings (SSSR count). The maximum atomic E-state index is 3.84. The summed E-state index contributed by atoms with van der Waals surface area (Å²) in [5, 5.41) is 0. The number of allylic oxidation sites excluding steroid dienone is 12. The van der Waals surface area contributed by atoms with Crippen LogP contribution >= 0.6 is 11.3 Å². The van der Waals surface area contributed by atoms with Crippen molar-refractivity contribution in [3.63, 3.8) is 0 Å². The first-order valence-corrected chi connectivity index (χ1v) is 20.1. The number of benzene rings is 5. The first kappa shape index (κ1) is 36.5. The van der Waals surface area contributed by atoms with E-state index in [0.29, 0.717) is 0 Å².